The van der Waals surface area contributed by atoms with Crippen LogP contribution in [0.25, 0.3) is 0 Å². The van der Waals surface area contributed by atoms with Crippen LogP contribution in [0.2, 0.25) is 0 Å². The molecule has 1 aromatic carbocycles. The fraction of sp³-hybridized carbons (Fsp3) is 0.211. The molecular weight excluding hydrogens is 326 g/mol. The smallest absolute Gasteiger partial charge is 0.159 e. The summed E-state index contributed by atoms with van der Waals surface area (Å²) in [5.74, 6) is -1.65. The topological polar surface area (TPSA) is 24.9 Å². The summed E-state index contributed by atoms with van der Waals surface area (Å²) >= 11 is 1.66. The van der Waals surface area contributed by atoms with Crippen molar-refractivity contribution < 1.29 is 8.78 Å². The van der Waals surface area contributed by atoms with E-state index in [1.165, 1.54) is 11.6 Å². The molecule has 3 rings (SSSR count). The maximum Gasteiger partial charge on any atom is 0.159 e. The highest BCUT2D eigenvalue weighted by atomic mass is 32.1. The Morgan fingerprint density at radius 1 is 1.08 bits per heavy atom. The van der Waals surface area contributed by atoms with Crippen LogP contribution in [0.4, 0.5) is 8.78 Å². The van der Waals surface area contributed by atoms with E-state index in [-0.39, 0.29) is 6.04 Å². The standard InChI is InChI=1S/C19H18F2N2S/c1-13-2-5-18(22-10-13)19(9-15-6-7-24-12-15)23-11-14-3-4-16(20)17(21)8-14/h2-8,10,12,19,23H,9,11H2,1H3/t19-/m0/s1. The highest BCUT2D eigenvalue weighted by Gasteiger charge is 2.14. The molecule has 5 heteroatoms. The molecule has 0 bridgehead atoms. The summed E-state index contributed by atoms with van der Waals surface area (Å²) in [4.78, 5) is 4.51. The van der Waals surface area contributed by atoms with Crippen LogP contribution in [0.5, 0.6) is 0 Å². The third-order valence-electron chi connectivity index (χ3n) is 3.85. The molecule has 0 spiro atoms. The van der Waals surface area contributed by atoms with Crippen molar-refractivity contribution in [3.05, 3.63) is 87.4 Å². The fourth-order valence-electron chi connectivity index (χ4n) is 2.50. The number of benzene rings is 1. The van der Waals surface area contributed by atoms with Crippen LogP contribution in [0.1, 0.15) is 28.4 Å². The van der Waals surface area contributed by atoms with E-state index in [1.807, 2.05) is 30.6 Å². The fourth-order valence-corrected chi connectivity index (χ4v) is 3.18. The number of nitrogens with one attached hydrogen (secondary N) is 1. The van der Waals surface area contributed by atoms with Gasteiger partial charge >= 0.3 is 0 Å². The monoisotopic (exact) mass is 344 g/mol. The van der Waals surface area contributed by atoms with Crippen molar-refractivity contribution in [2.24, 2.45) is 0 Å². The zero-order valence-electron chi connectivity index (χ0n) is 13.3. The molecule has 3 aromatic rings. The summed E-state index contributed by atoms with van der Waals surface area (Å²) in [7, 11) is 0. The number of aryl methyl sites for hydroxylation is 1. The molecule has 1 atom stereocenters. The van der Waals surface area contributed by atoms with Gasteiger partial charge in [0.25, 0.3) is 0 Å². The van der Waals surface area contributed by atoms with E-state index in [0.717, 1.165) is 23.7 Å². The molecule has 0 amide bonds. The average molecular weight is 344 g/mol. The molecular formula is C19H18F2N2S. The van der Waals surface area contributed by atoms with Gasteiger partial charge in [-0.1, -0.05) is 12.1 Å². The molecule has 2 heterocycles. The zero-order valence-corrected chi connectivity index (χ0v) is 14.1. The van der Waals surface area contributed by atoms with Crippen molar-refractivity contribution in [1.29, 1.82) is 0 Å². The Hall–Kier alpha value is -2.11. The van der Waals surface area contributed by atoms with Gasteiger partial charge in [-0.25, -0.2) is 8.78 Å². The first-order valence-electron chi connectivity index (χ1n) is 7.73. The van der Waals surface area contributed by atoms with Crippen molar-refractivity contribution in [2.45, 2.75) is 25.9 Å². The Bertz CT molecular complexity index is 786. The molecule has 0 fully saturated rings. The molecule has 0 aliphatic carbocycles. The third-order valence-corrected chi connectivity index (χ3v) is 4.58. The van der Waals surface area contributed by atoms with E-state index < -0.39 is 11.6 Å². The SMILES string of the molecule is Cc1ccc([C@H](Cc2ccsc2)NCc2ccc(F)c(F)c2)nc1. The largest absolute Gasteiger partial charge is 0.304 e. The molecule has 0 saturated carbocycles. The van der Waals surface area contributed by atoms with Crippen LogP contribution in [0.15, 0.2) is 53.4 Å². The van der Waals surface area contributed by atoms with Gasteiger partial charge in [-0.15, -0.1) is 0 Å². The molecule has 0 aliphatic rings. The second-order valence-electron chi connectivity index (χ2n) is 5.78. The Morgan fingerprint density at radius 3 is 2.62 bits per heavy atom. The summed E-state index contributed by atoms with van der Waals surface area (Å²) in [6.07, 6.45) is 2.64. The number of hydrogen-bond acceptors (Lipinski definition) is 3. The summed E-state index contributed by atoms with van der Waals surface area (Å²) in [6, 6.07) is 10.1. The van der Waals surface area contributed by atoms with Gasteiger partial charge in [0.2, 0.25) is 0 Å². The van der Waals surface area contributed by atoms with Crippen molar-refractivity contribution in [3.63, 3.8) is 0 Å². The number of thiophene rings is 1. The van der Waals surface area contributed by atoms with Gasteiger partial charge in [0, 0.05) is 12.7 Å². The molecule has 2 aromatic heterocycles. The number of pyridine rings is 1. The molecule has 2 nitrogen and oxygen atoms in total. The second kappa shape index (κ2) is 7.64. The highest BCUT2D eigenvalue weighted by molar-refractivity contribution is 7.07. The first kappa shape index (κ1) is 16.7. The Kier molecular flexibility index (Phi) is 5.33. The van der Waals surface area contributed by atoms with Gasteiger partial charge in [0.1, 0.15) is 0 Å². The second-order valence-corrected chi connectivity index (χ2v) is 6.56. The Labute approximate surface area is 144 Å². The highest BCUT2D eigenvalue weighted by Crippen LogP contribution is 2.20. The van der Waals surface area contributed by atoms with E-state index >= 15 is 0 Å². The van der Waals surface area contributed by atoms with Gasteiger partial charge in [0.05, 0.1) is 11.7 Å². The minimum Gasteiger partial charge on any atom is -0.304 e. The summed E-state index contributed by atoms with van der Waals surface area (Å²) in [6.45, 7) is 2.45. The third kappa shape index (κ3) is 4.24. The predicted octanol–water partition coefficient (Wildman–Crippen LogP) is 4.80. The Morgan fingerprint density at radius 2 is 1.96 bits per heavy atom. The molecule has 0 saturated heterocycles. The molecule has 1 N–H and O–H groups in total. The number of rotatable bonds is 6. The number of nitrogens with zero attached hydrogens (tertiary/aromatic N) is 1. The maximum atomic E-state index is 13.4. The van der Waals surface area contributed by atoms with Crippen molar-refractivity contribution in [3.8, 4) is 0 Å². The van der Waals surface area contributed by atoms with E-state index in [1.54, 1.807) is 17.4 Å². The lowest BCUT2D eigenvalue weighted by Crippen LogP contribution is -2.24. The summed E-state index contributed by atoms with van der Waals surface area (Å²) in [5, 5.41) is 7.57. The minimum absolute atomic E-state index is 0.00770. The van der Waals surface area contributed by atoms with Gasteiger partial charge in [-0.3, -0.25) is 4.98 Å². The average Bonchev–Trinajstić information content (AvgIpc) is 3.08. The first-order valence-corrected chi connectivity index (χ1v) is 8.67. The van der Waals surface area contributed by atoms with Crippen LogP contribution in [-0.2, 0) is 13.0 Å². The van der Waals surface area contributed by atoms with Crippen LogP contribution in [-0.4, -0.2) is 4.98 Å². The van der Waals surface area contributed by atoms with Crippen LogP contribution >= 0.6 is 11.3 Å². The van der Waals surface area contributed by atoms with E-state index in [9.17, 15) is 8.78 Å². The first-order chi connectivity index (χ1) is 11.6. The number of halogens is 2. The molecule has 24 heavy (non-hydrogen) atoms. The minimum atomic E-state index is -0.825. The van der Waals surface area contributed by atoms with E-state index in [0.29, 0.717) is 12.1 Å². The van der Waals surface area contributed by atoms with Crippen molar-refractivity contribution in [1.82, 2.24) is 10.3 Å². The normalized spacial score (nSPS) is 12.3. The van der Waals surface area contributed by atoms with Gasteiger partial charge in [-0.2, -0.15) is 11.3 Å². The molecule has 0 radical (unpaired) electrons. The number of hydrogen-bond donors (Lipinski definition) is 1. The lowest BCUT2D eigenvalue weighted by atomic mass is 10.0. The summed E-state index contributed by atoms with van der Waals surface area (Å²) in [5.41, 5.74) is 3.98. The summed E-state index contributed by atoms with van der Waals surface area (Å²) < 4.78 is 26.4. The van der Waals surface area contributed by atoms with Gasteiger partial charge in [-0.05, 0) is 65.1 Å². The van der Waals surface area contributed by atoms with Crippen LogP contribution < -0.4 is 5.32 Å². The van der Waals surface area contributed by atoms with E-state index in [4.69, 9.17) is 0 Å². The molecule has 0 aliphatic heterocycles. The zero-order chi connectivity index (χ0) is 16.9. The molecule has 124 valence electrons. The maximum absolute atomic E-state index is 13.4. The van der Waals surface area contributed by atoms with Crippen molar-refractivity contribution in [2.75, 3.05) is 0 Å². The molecule has 0 unspecified atom stereocenters. The Balaban J connectivity index is 1.76. The van der Waals surface area contributed by atoms with Gasteiger partial charge in [0.15, 0.2) is 11.6 Å². The van der Waals surface area contributed by atoms with Crippen LogP contribution in [0, 0.1) is 18.6 Å². The predicted molar refractivity (Wildman–Crippen MR) is 92.9 cm³/mol. The van der Waals surface area contributed by atoms with Gasteiger partial charge < -0.3 is 5.32 Å². The lowest BCUT2D eigenvalue weighted by molar-refractivity contribution is 0.497. The van der Waals surface area contributed by atoms with Crippen molar-refractivity contribution >= 4 is 11.3 Å². The lowest BCUT2D eigenvalue weighted by Gasteiger charge is -2.18. The van der Waals surface area contributed by atoms with Crippen LogP contribution in [0.3, 0.4) is 0 Å². The quantitative estimate of drug-likeness (QED) is 0.694. The number of aromatic nitrogens is 1. The van der Waals surface area contributed by atoms with E-state index in [2.05, 4.69) is 21.7 Å².